The molecular weight excluding hydrogens is 274 g/mol. The van der Waals surface area contributed by atoms with Crippen LogP contribution < -0.4 is 5.32 Å². The summed E-state index contributed by atoms with van der Waals surface area (Å²) in [6, 6.07) is 0. The lowest BCUT2D eigenvalue weighted by Gasteiger charge is -2.41. The molecule has 0 radical (unpaired) electrons. The molecule has 5 heteroatoms. The molecule has 1 unspecified atom stereocenters. The molecule has 1 aliphatic heterocycles. The fraction of sp³-hybridized carbons (Fsp3) is 0.667. The minimum absolute atomic E-state index is 0.00394. The number of hydrogen-bond donors (Lipinski definition) is 1. The van der Waals surface area contributed by atoms with E-state index < -0.39 is 5.60 Å². The first-order valence-electron chi connectivity index (χ1n) is 7.19. The SMILES string of the molecule is C=CNC(=S)CCC1(C2CCCC2)CC(=O)CC(=O)O1. The number of ether oxygens (including phenoxy) is 1. The molecule has 0 bridgehead atoms. The van der Waals surface area contributed by atoms with E-state index in [1.165, 1.54) is 0 Å². The number of hydrogen-bond acceptors (Lipinski definition) is 4. The lowest BCUT2D eigenvalue weighted by molar-refractivity contribution is -0.178. The van der Waals surface area contributed by atoms with Crippen LogP contribution in [0.5, 0.6) is 0 Å². The van der Waals surface area contributed by atoms with E-state index >= 15 is 0 Å². The van der Waals surface area contributed by atoms with E-state index in [1.807, 2.05) is 0 Å². The van der Waals surface area contributed by atoms with Crippen LogP contribution in [0.1, 0.15) is 51.4 Å². The predicted molar refractivity (Wildman–Crippen MR) is 80.2 cm³/mol. The van der Waals surface area contributed by atoms with E-state index in [1.54, 1.807) is 6.20 Å². The summed E-state index contributed by atoms with van der Waals surface area (Å²) >= 11 is 5.20. The fourth-order valence-corrected chi connectivity index (χ4v) is 3.58. The van der Waals surface area contributed by atoms with Crippen molar-refractivity contribution in [2.75, 3.05) is 0 Å². The van der Waals surface area contributed by atoms with Gasteiger partial charge in [-0.15, -0.1) is 0 Å². The summed E-state index contributed by atoms with van der Waals surface area (Å²) in [6.45, 7) is 3.58. The van der Waals surface area contributed by atoms with Crippen molar-refractivity contribution in [3.8, 4) is 0 Å². The summed E-state index contributed by atoms with van der Waals surface area (Å²) in [5.41, 5.74) is -0.629. The highest BCUT2D eigenvalue weighted by Gasteiger charge is 2.47. The van der Waals surface area contributed by atoms with Crippen LogP contribution >= 0.6 is 12.2 Å². The minimum atomic E-state index is -0.629. The van der Waals surface area contributed by atoms with Gasteiger partial charge in [-0.05, 0) is 31.4 Å². The Kier molecular flexibility index (Phi) is 4.91. The van der Waals surface area contributed by atoms with Crippen LogP contribution in [0.3, 0.4) is 0 Å². The molecule has 4 nitrogen and oxygen atoms in total. The van der Waals surface area contributed by atoms with E-state index in [-0.39, 0.29) is 18.2 Å². The second-order valence-corrected chi connectivity index (χ2v) is 6.18. The third-order valence-corrected chi connectivity index (χ3v) is 4.61. The van der Waals surface area contributed by atoms with Crippen molar-refractivity contribution in [1.82, 2.24) is 5.32 Å². The monoisotopic (exact) mass is 295 g/mol. The number of ketones is 1. The minimum Gasteiger partial charge on any atom is -0.458 e. The highest BCUT2D eigenvalue weighted by atomic mass is 32.1. The number of cyclic esters (lactones) is 1. The zero-order valence-corrected chi connectivity index (χ0v) is 12.5. The van der Waals surface area contributed by atoms with Crippen LogP contribution in [-0.4, -0.2) is 22.3 Å². The summed E-state index contributed by atoms with van der Waals surface area (Å²) < 4.78 is 5.68. The molecule has 2 aliphatic rings. The van der Waals surface area contributed by atoms with Gasteiger partial charge >= 0.3 is 5.97 Å². The smallest absolute Gasteiger partial charge is 0.313 e. The first-order valence-corrected chi connectivity index (χ1v) is 7.60. The van der Waals surface area contributed by atoms with E-state index in [9.17, 15) is 9.59 Å². The maximum Gasteiger partial charge on any atom is 0.313 e. The summed E-state index contributed by atoms with van der Waals surface area (Å²) in [7, 11) is 0. The second-order valence-electron chi connectivity index (χ2n) is 5.68. The number of carbonyl (C=O) groups is 2. The zero-order valence-electron chi connectivity index (χ0n) is 11.7. The highest BCUT2D eigenvalue weighted by molar-refractivity contribution is 7.80. The quantitative estimate of drug-likeness (QED) is 0.480. The summed E-state index contributed by atoms with van der Waals surface area (Å²) in [5, 5.41) is 2.89. The number of thiocarbonyl (C=S) groups is 1. The van der Waals surface area contributed by atoms with Crippen molar-refractivity contribution in [3.05, 3.63) is 12.8 Å². The zero-order chi connectivity index (χ0) is 14.6. The average Bonchev–Trinajstić information content (AvgIpc) is 2.90. The molecule has 0 aromatic carbocycles. The number of esters is 1. The second kappa shape index (κ2) is 6.48. The molecule has 1 atom stereocenters. The van der Waals surface area contributed by atoms with Crippen LogP contribution in [0.15, 0.2) is 12.8 Å². The highest BCUT2D eigenvalue weighted by Crippen LogP contribution is 2.43. The van der Waals surface area contributed by atoms with Crippen molar-refractivity contribution in [2.24, 2.45) is 5.92 Å². The Morgan fingerprint density at radius 1 is 1.45 bits per heavy atom. The number of nitrogens with one attached hydrogen (secondary N) is 1. The van der Waals surface area contributed by atoms with E-state index in [0.29, 0.717) is 30.2 Å². The average molecular weight is 295 g/mol. The molecule has 2 rings (SSSR count). The predicted octanol–water partition coefficient (Wildman–Crippen LogP) is 2.66. The van der Waals surface area contributed by atoms with Crippen molar-refractivity contribution < 1.29 is 14.3 Å². The van der Waals surface area contributed by atoms with E-state index in [2.05, 4.69) is 11.9 Å². The number of carbonyl (C=O) groups excluding carboxylic acids is 2. The largest absolute Gasteiger partial charge is 0.458 e. The van der Waals surface area contributed by atoms with Gasteiger partial charge < -0.3 is 10.1 Å². The van der Waals surface area contributed by atoms with Gasteiger partial charge in [0.1, 0.15) is 17.8 Å². The summed E-state index contributed by atoms with van der Waals surface area (Å²) in [4.78, 5) is 24.2. The van der Waals surface area contributed by atoms with E-state index in [4.69, 9.17) is 17.0 Å². The van der Waals surface area contributed by atoms with Crippen LogP contribution in [-0.2, 0) is 14.3 Å². The first kappa shape index (κ1) is 15.2. The normalized spacial score (nSPS) is 27.2. The van der Waals surface area contributed by atoms with Gasteiger partial charge in [0, 0.05) is 12.8 Å². The molecule has 110 valence electrons. The fourth-order valence-electron chi connectivity index (χ4n) is 3.39. The Morgan fingerprint density at radius 2 is 2.15 bits per heavy atom. The van der Waals surface area contributed by atoms with Crippen molar-refractivity contribution in [2.45, 2.75) is 57.0 Å². The van der Waals surface area contributed by atoms with Crippen LogP contribution in [0, 0.1) is 5.92 Å². The van der Waals surface area contributed by atoms with Crippen molar-refractivity contribution >= 4 is 29.0 Å². The maximum atomic E-state index is 11.9. The molecule has 0 aromatic rings. The lowest BCUT2D eigenvalue weighted by atomic mass is 9.76. The Labute approximate surface area is 124 Å². The molecule has 0 aromatic heterocycles. The van der Waals surface area contributed by atoms with Crippen molar-refractivity contribution in [3.63, 3.8) is 0 Å². The number of rotatable bonds is 5. The Balaban J connectivity index is 2.10. The molecule has 1 saturated heterocycles. The van der Waals surface area contributed by atoms with Gasteiger partial charge in [-0.2, -0.15) is 0 Å². The van der Waals surface area contributed by atoms with Crippen molar-refractivity contribution in [1.29, 1.82) is 0 Å². The van der Waals surface area contributed by atoms with Gasteiger partial charge in [0.05, 0.1) is 4.99 Å². The Bertz CT molecular complexity index is 411. The molecule has 1 aliphatic carbocycles. The van der Waals surface area contributed by atoms with Gasteiger partial charge in [-0.3, -0.25) is 9.59 Å². The third kappa shape index (κ3) is 3.45. The molecule has 1 N–H and O–H groups in total. The van der Waals surface area contributed by atoms with Crippen LogP contribution in [0.25, 0.3) is 0 Å². The molecular formula is C15H21NO3S. The topological polar surface area (TPSA) is 55.4 Å². The van der Waals surface area contributed by atoms with Crippen LogP contribution in [0.2, 0.25) is 0 Å². The molecule has 20 heavy (non-hydrogen) atoms. The standard InChI is InChI=1S/C15H21NO3S/c1-2-16-13(20)7-8-15(11-5-3-4-6-11)10-12(17)9-14(18)19-15/h2,11H,1,3-10H2,(H,16,20). The van der Waals surface area contributed by atoms with Gasteiger partial charge in [0.2, 0.25) is 0 Å². The Morgan fingerprint density at radius 3 is 2.75 bits per heavy atom. The van der Waals surface area contributed by atoms with Gasteiger partial charge in [-0.1, -0.05) is 31.6 Å². The molecule has 0 amide bonds. The first-order chi connectivity index (χ1) is 9.55. The molecule has 1 heterocycles. The summed E-state index contributed by atoms with van der Waals surface area (Å²) in [5.74, 6) is -0.0891. The molecule has 0 spiro atoms. The number of Topliss-reactive ketones (excluding diaryl/α,β-unsaturated/α-hetero) is 1. The molecule has 1 saturated carbocycles. The molecule has 2 fully saturated rings. The van der Waals surface area contributed by atoms with Gasteiger partial charge in [0.25, 0.3) is 0 Å². The Hall–Kier alpha value is -1.23. The van der Waals surface area contributed by atoms with Gasteiger partial charge in [0.15, 0.2) is 0 Å². The summed E-state index contributed by atoms with van der Waals surface area (Å²) in [6.07, 6.45) is 7.39. The maximum absolute atomic E-state index is 11.9. The van der Waals surface area contributed by atoms with Gasteiger partial charge in [-0.25, -0.2) is 0 Å². The van der Waals surface area contributed by atoms with E-state index in [0.717, 1.165) is 25.7 Å². The van der Waals surface area contributed by atoms with Crippen LogP contribution in [0.4, 0.5) is 0 Å². The lowest BCUT2D eigenvalue weighted by Crippen LogP contribution is -2.48. The third-order valence-electron chi connectivity index (χ3n) is 4.29.